The van der Waals surface area contributed by atoms with Crippen LogP contribution in [-0.2, 0) is 25.5 Å². The second-order valence-corrected chi connectivity index (χ2v) is 6.12. The zero-order chi connectivity index (χ0) is 17.4. The molecule has 8 nitrogen and oxygen atoms in total. The molecule has 1 aliphatic rings. The monoisotopic (exact) mass is 385 g/mol. The average Bonchev–Trinajstić information content (AvgIpc) is 2.35. The summed E-state index contributed by atoms with van der Waals surface area (Å²) in [5.41, 5.74) is -0.795. The summed E-state index contributed by atoms with van der Waals surface area (Å²) in [6.07, 6.45) is -0.393. The highest BCUT2D eigenvalue weighted by molar-refractivity contribution is 9.10. The fourth-order valence-electron chi connectivity index (χ4n) is 2.03. The molecule has 1 fully saturated rings. The minimum absolute atomic E-state index is 0.125. The molecule has 0 atom stereocenters. The molecular weight excluding hydrogens is 374 g/mol. The number of hydrogen-bond acceptors (Lipinski definition) is 7. The first-order valence-electron chi connectivity index (χ1n) is 6.42. The van der Waals surface area contributed by atoms with Gasteiger partial charge in [-0.25, -0.2) is 9.59 Å². The van der Waals surface area contributed by atoms with Crippen LogP contribution in [0.25, 0.3) is 0 Å². The number of cyclic esters (lactones) is 2. The van der Waals surface area contributed by atoms with E-state index in [-0.39, 0.29) is 11.3 Å². The summed E-state index contributed by atoms with van der Waals surface area (Å²) in [5, 5.41) is 21.1. The number of nitro benzene ring substituents is 1. The maximum Gasteiger partial charge on any atom is 0.352 e. The Kier molecular flexibility index (Phi) is 4.42. The van der Waals surface area contributed by atoms with E-state index in [1.165, 1.54) is 32.0 Å². The van der Waals surface area contributed by atoms with Gasteiger partial charge >= 0.3 is 11.9 Å². The van der Waals surface area contributed by atoms with Gasteiger partial charge in [0.15, 0.2) is 5.57 Å². The van der Waals surface area contributed by atoms with Crippen LogP contribution in [0.15, 0.2) is 34.0 Å². The molecule has 0 aliphatic carbocycles. The molecule has 0 amide bonds. The molecule has 1 aromatic rings. The second kappa shape index (κ2) is 5.99. The highest BCUT2D eigenvalue weighted by Gasteiger charge is 2.41. The summed E-state index contributed by atoms with van der Waals surface area (Å²) in [5.74, 6) is -4.17. The fraction of sp³-hybridized carbons (Fsp3) is 0.286. The minimum atomic E-state index is -1.43. The first-order valence-corrected chi connectivity index (χ1v) is 7.21. The van der Waals surface area contributed by atoms with Crippen LogP contribution in [0, 0.1) is 10.1 Å². The van der Waals surface area contributed by atoms with Gasteiger partial charge in [0.25, 0.3) is 11.5 Å². The maximum atomic E-state index is 11.9. The third-order valence-electron chi connectivity index (χ3n) is 2.97. The number of rotatable bonds is 3. The fourth-order valence-corrected chi connectivity index (χ4v) is 2.44. The lowest BCUT2D eigenvalue weighted by Crippen LogP contribution is -2.42. The van der Waals surface area contributed by atoms with Gasteiger partial charge in [0.1, 0.15) is 5.76 Å². The first-order chi connectivity index (χ1) is 10.6. The van der Waals surface area contributed by atoms with Crippen LogP contribution in [0.3, 0.4) is 0 Å². The normalized spacial score (nSPS) is 16.6. The molecule has 0 bridgehead atoms. The Morgan fingerprint density at radius 2 is 1.87 bits per heavy atom. The number of nitrogens with zero attached hydrogens (tertiary/aromatic N) is 1. The van der Waals surface area contributed by atoms with E-state index >= 15 is 0 Å². The topological polar surface area (TPSA) is 116 Å². The summed E-state index contributed by atoms with van der Waals surface area (Å²) in [6, 6.07) is 4.13. The van der Waals surface area contributed by atoms with Gasteiger partial charge in [-0.1, -0.05) is 15.9 Å². The second-order valence-electron chi connectivity index (χ2n) is 5.21. The molecule has 122 valence electrons. The molecule has 1 aromatic carbocycles. The van der Waals surface area contributed by atoms with Crippen LogP contribution >= 0.6 is 15.9 Å². The van der Waals surface area contributed by atoms with E-state index in [0.29, 0.717) is 4.47 Å². The van der Waals surface area contributed by atoms with Crippen LogP contribution in [0.5, 0.6) is 0 Å². The number of ether oxygens (including phenoxy) is 2. The van der Waals surface area contributed by atoms with E-state index in [9.17, 15) is 24.8 Å². The lowest BCUT2D eigenvalue weighted by molar-refractivity contribution is -0.385. The minimum Gasteiger partial charge on any atom is -0.511 e. The Morgan fingerprint density at radius 3 is 2.39 bits per heavy atom. The van der Waals surface area contributed by atoms with Crippen molar-refractivity contribution in [1.29, 1.82) is 0 Å². The highest BCUT2D eigenvalue weighted by Crippen LogP contribution is 2.28. The quantitative estimate of drug-likeness (QED) is 0.212. The third-order valence-corrected chi connectivity index (χ3v) is 3.46. The third kappa shape index (κ3) is 3.67. The highest BCUT2D eigenvalue weighted by atomic mass is 79.9. The van der Waals surface area contributed by atoms with Gasteiger partial charge in [0.05, 0.1) is 4.92 Å². The van der Waals surface area contributed by atoms with Crippen molar-refractivity contribution >= 4 is 33.6 Å². The van der Waals surface area contributed by atoms with Crippen molar-refractivity contribution in [2.45, 2.75) is 26.1 Å². The van der Waals surface area contributed by atoms with E-state index in [0.717, 1.165) is 0 Å². The molecule has 0 unspecified atom stereocenters. The molecule has 1 heterocycles. The molecule has 1 aliphatic heterocycles. The van der Waals surface area contributed by atoms with Gasteiger partial charge < -0.3 is 14.6 Å². The predicted molar refractivity (Wildman–Crippen MR) is 80.4 cm³/mol. The Balaban J connectivity index is 2.40. The number of halogens is 1. The van der Waals surface area contributed by atoms with E-state index in [4.69, 9.17) is 9.47 Å². The van der Waals surface area contributed by atoms with Gasteiger partial charge in [-0.2, -0.15) is 0 Å². The van der Waals surface area contributed by atoms with Gasteiger partial charge in [-0.15, -0.1) is 0 Å². The number of carbonyl (C=O) groups excluding carboxylic acids is 2. The van der Waals surface area contributed by atoms with Crippen molar-refractivity contribution in [2.75, 3.05) is 0 Å². The summed E-state index contributed by atoms with van der Waals surface area (Å²) >= 11 is 3.17. The van der Waals surface area contributed by atoms with E-state index in [1.807, 2.05) is 0 Å². The maximum absolute atomic E-state index is 11.9. The standard InChI is InChI=1S/C14H12BrNO7/c1-14(2)22-12(18)11(13(19)23-14)10(17)6-7-5-8(15)3-4-9(7)16(20)21/h3-5,17H,6H2,1-2H3. The van der Waals surface area contributed by atoms with Crippen LogP contribution in [0.4, 0.5) is 5.69 Å². The molecule has 9 heteroatoms. The zero-order valence-corrected chi connectivity index (χ0v) is 13.7. The number of hydrogen-bond donors (Lipinski definition) is 1. The van der Waals surface area contributed by atoms with Crippen molar-refractivity contribution in [1.82, 2.24) is 0 Å². The molecule has 23 heavy (non-hydrogen) atoms. The Hall–Kier alpha value is -2.42. The molecule has 1 N–H and O–H groups in total. The van der Waals surface area contributed by atoms with Crippen LogP contribution in [0.2, 0.25) is 0 Å². The van der Waals surface area contributed by atoms with Gasteiger partial charge in [0, 0.05) is 36.4 Å². The summed E-state index contributed by atoms with van der Waals surface area (Å²) < 4.78 is 10.3. The SMILES string of the molecule is CC1(C)OC(=O)C(=C(O)Cc2cc(Br)ccc2[N+](=O)[O-])C(=O)O1. The summed E-state index contributed by atoms with van der Waals surface area (Å²) in [4.78, 5) is 34.1. The molecule has 2 rings (SSSR count). The van der Waals surface area contributed by atoms with Crippen molar-refractivity contribution in [3.05, 3.63) is 49.7 Å². The smallest absolute Gasteiger partial charge is 0.352 e. The van der Waals surface area contributed by atoms with Gasteiger partial charge in [-0.3, -0.25) is 10.1 Å². The van der Waals surface area contributed by atoms with Crippen molar-refractivity contribution in [3.63, 3.8) is 0 Å². The largest absolute Gasteiger partial charge is 0.511 e. The number of esters is 2. The number of nitro groups is 1. The molecular formula is C14H12BrNO7. The van der Waals surface area contributed by atoms with Gasteiger partial charge in [-0.05, 0) is 12.1 Å². The Labute approximate surface area is 139 Å². The summed E-state index contributed by atoms with van der Waals surface area (Å²) in [7, 11) is 0. The summed E-state index contributed by atoms with van der Waals surface area (Å²) in [6.45, 7) is 2.74. The number of benzene rings is 1. The van der Waals surface area contributed by atoms with Crippen molar-refractivity contribution < 1.29 is 29.1 Å². The lowest BCUT2D eigenvalue weighted by atomic mass is 10.0. The first kappa shape index (κ1) is 16.9. The van der Waals surface area contributed by atoms with Crippen LogP contribution in [-0.4, -0.2) is 27.8 Å². The van der Waals surface area contributed by atoms with Crippen LogP contribution < -0.4 is 0 Å². The molecule has 0 aromatic heterocycles. The van der Waals surface area contributed by atoms with Crippen molar-refractivity contribution in [3.8, 4) is 0 Å². The zero-order valence-electron chi connectivity index (χ0n) is 12.2. The number of aliphatic hydroxyl groups excluding tert-OH is 1. The predicted octanol–water partition coefficient (Wildman–Crippen LogP) is 2.55. The number of allylic oxidation sites excluding steroid dienone is 1. The molecule has 0 radical (unpaired) electrons. The Morgan fingerprint density at radius 1 is 1.30 bits per heavy atom. The average molecular weight is 386 g/mol. The molecule has 1 saturated heterocycles. The molecule has 0 saturated carbocycles. The number of carbonyl (C=O) groups is 2. The van der Waals surface area contributed by atoms with Crippen LogP contribution in [0.1, 0.15) is 19.4 Å². The number of aliphatic hydroxyl groups is 1. The Bertz CT molecular complexity index is 717. The van der Waals surface area contributed by atoms with Gasteiger partial charge in [0.2, 0.25) is 0 Å². The van der Waals surface area contributed by atoms with E-state index in [2.05, 4.69) is 15.9 Å². The van der Waals surface area contributed by atoms with E-state index in [1.54, 1.807) is 0 Å². The lowest BCUT2D eigenvalue weighted by Gasteiger charge is -2.30. The van der Waals surface area contributed by atoms with E-state index < -0.39 is 40.4 Å². The molecule has 0 spiro atoms. The van der Waals surface area contributed by atoms with Crippen molar-refractivity contribution in [2.24, 2.45) is 0 Å².